The molecule has 150 valence electrons. The Bertz CT molecular complexity index is 591. The lowest BCUT2D eigenvalue weighted by atomic mass is 9.99. The van der Waals surface area contributed by atoms with Crippen molar-refractivity contribution in [3.05, 3.63) is 23.9 Å². The first-order valence-electron chi connectivity index (χ1n) is 10.6. The van der Waals surface area contributed by atoms with E-state index in [9.17, 15) is 0 Å². The normalized spacial score (nSPS) is 22.3. The van der Waals surface area contributed by atoms with Gasteiger partial charge in [-0.15, -0.1) is 0 Å². The molecule has 2 aliphatic heterocycles. The Labute approximate surface area is 164 Å². The predicted octanol–water partition coefficient (Wildman–Crippen LogP) is 2.47. The van der Waals surface area contributed by atoms with Crippen molar-refractivity contribution < 1.29 is 0 Å². The third-order valence-corrected chi connectivity index (χ3v) is 6.01. The minimum absolute atomic E-state index is 0.627. The number of aromatic nitrogens is 1. The molecule has 0 radical (unpaired) electrons. The maximum absolute atomic E-state index is 4.68. The average molecular weight is 373 g/mol. The molecule has 2 aliphatic rings. The van der Waals surface area contributed by atoms with Gasteiger partial charge < -0.3 is 15.5 Å². The van der Waals surface area contributed by atoms with Crippen LogP contribution in [0.25, 0.3) is 0 Å². The first kappa shape index (κ1) is 19.9. The number of hydrogen-bond donors (Lipinski definition) is 2. The van der Waals surface area contributed by atoms with Gasteiger partial charge in [0.25, 0.3) is 0 Å². The number of nitrogens with one attached hydrogen (secondary N) is 2. The van der Waals surface area contributed by atoms with Gasteiger partial charge in [-0.2, -0.15) is 0 Å². The molecular formula is C21H36N6. The number of likely N-dealkylation sites (tertiary alicyclic amines) is 1. The van der Waals surface area contributed by atoms with Gasteiger partial charge in [-0.1, -0.05) is 19.9 Å². The quantitative estimate of drug-likeness (QED) is 0.593. The van der Waals surface area contributed by atoms with Crippen LogP contribution < -0.4 is 15.5 Å². The van der Waals surface area contributed by atoms with Gasteiger partial charge in [-0.25, -0.2) is 4.98 Å². The van der Waals surface area contributed by atoms with Crippen LogP contribution in [0.2, 0.25) is 0 Å². The van der Waals surface area contributed by atoms with Gasteiger partial charge in [0.2, 0.25) is 0 Å². The van der Waals surface area contributed by atoms with E-state index in [1.54, 1.807) is 0 Å². The molecule has 2 saturated heterocycles. The summed E-state index contributed by atoms with van der Waals surface area (Å²) in [5.74, 6) is 2.82. The minimum Gasteiger partial charge on any atom is -0.357 e. The second kappa shape index (κ2) is 9.93. The van der Waals surface area contributed by atoms with Gasteiger partial charge in [0.15, 0.2) is 5.96 Å². The van der Waals surface area contributed by atoms with E-state index < -0.39 is 0 Å². The van der Waals surface area contributed by atoms with Gasteiger partial charge in [0.1, 0.15) is 5.82 Å². The van der Waals surface area contributed by atoms with E-state index in [1.807, 2.05) is 13.2 Å². The number of piperidine rings is 1. The molecule has 2 fully saturated rings. The highest BCUT2D eigenvalue weighted by Gasteiger charge is 2.22. The van der Waals surface area contributed by atoms with Crippen LogP contribution >= 0.6 is 0 Å². The molecule has 1 unspecified atom stereocenters. The number of guanidine groups is 1. The Morgan fingerprint density at radius 2 is 2.00 bits per heavy atom. The van der Waals surface area contributed by atoms with Crippen molar-refractivity contribution in [2.45, 2.75) is 52.1 Å². The Hall–Kier alpha value is -1.82. The highest BCUT2D eigenvalue weighted by molar-refractivity contribution is 5.79. The fourth-order valence-corrected chi connectivity index (χ4v) is 4.11. The van der Waals surface area contributed by atoms with Crippen LogP contribution in [0.4, 0.5) is 5.82 Å². The molecule has 6 nitrogen and oxygen atoms in total. The molecule has 1 aromatic rings. The number of rotatable bonds is 6. The Kier molecular flexibility index (Phi) is 7.33. The van der Waals surface area contributed by atoms with Crippen LogP contribution in [0.15, 0.2) is 23.3 Å². The standard InChI is InChI=1S/C21H36N6/c1-4-26-11-5-6-19(26)16-25-21(22-3)24-15-18-7-8-20(23-14-18)27-12-9-17(2)10-13-27/h7-8,14,17,19H,4-6,9-13,15-16H2,1-3H3,(H2,22,24,25). The summed E-state index contributed by atoms with van der Waals surface area (Å²) in [6, 6.07) is 4.96. The molecule has 0 bridgehead atoms. The summed E-state index contributed by atoms with van der Waals surface area (Å²) in [5.41, 5.74) is 1.18. The van der Waals surface area contributed by atoms with E-state index in [0.717, 1.165) is 50.4 Å². The third kappa shape index (κ3) is 5.58. The summed E-state index contributed by atoms with van der Waals surface area (Å²) in [7, 11) is 1.83. The maximum Gasteiger partial charge on any atom is 0.191 e. The van der Waals surface area contributed by atoms with Gasteiger partial charge >= 0.3 is 0 Å². The fourth-order valence-electron chi connectivity index (χ4n) is 4.11. The van der Waals surface area contributed by atoms with Gasteiger partial charge in [0.05, 0.1) is 0 Å². The highest BCUT2D eigenvalue weighted by Crippen LogP contribution is 2.21. The number of anilines is 1. The van der Waals surface area contributed by atoms with Crippen molar-refractivity contribution in [1.29, 1.82) is 0 Å². The topological polar surface area (TPSA) is 55.8 Å². The largest absolute Gasteiger partial charge is 0.357 e. The van der Waals surface area contributed by atoms with Crippen molar-refractivity contribution in [3.8, 4) is 0 Å². The Morgan fingerprint density at radius 1 is 1.19 bits per heavy atom. The Balaban J connectivity index is 1.44. The summed E-state index contributed by atoms with van der Waals surface area (Å²) >= 11 is 0. The highest BCUT2D eigenvalue weighted by atomic mass is 15.2. The summed E-state index contributed by atoms with van der Waals surface area (Å²) < 4.78 is 0. The first-order valence-corrected chi connectivity index (χ1v) is 10.6. The maximum atomic E-state index is 4.68. The molecule has 1 atom stereocenters. The molecule has 6 heteroatoms. The van der Waals surface area contributed by atoms with Crippen molar-refractivity contribution in [3.63, 3.8) is 0 Å². The molecule has 27 heavy (non-hydrogen) atoms. The number of pyridine rings is 1. The molecule has 0 saturated carbocycles. The van der Waals surface area contributed by atoms with Crippen molar-refractivity contribution in [1.82, 2.24) is 20.5 Å². The molecular weight excluding hydrogens is 336 g/mol. The van der Waals surface area contributed by atoms with Gasteiger partial charge in [-0.3, -0.25) is 9.89 Å². The smallest absolute Gasteiger partial charge is 0.191 e. The monoisotopic (exact) mass is 372 g/mol. The SMILES string of the molecule is CCN1CCCC1CNC(=NC)NCc1ccc(N2CCC(C)CC2)nc1. The summed E-state index contributed by atoms with van der Waals surface area (Å²) in [6.45, 7) is 10.9. The van der Waals surface area contributed by atoms with Gasteiger partial charge in [-0.05, 0) is 56.3 Å². The summed E-state index contributed by atoms with van der Waals surface area (Å²) in [5, 5.41) is 6.90. The van der Waals surface area contributed by atoms with Crippen molar-refractivity contribution >= 4 is 11.8 Å². The summed E-state index contributed by atoms with van der Waals surface area (Å²) in [4.78, 5) is 14.0. The van der Waals surface area contributed by atoms with E-state index >= 15 is 0 Å². The number of aliphatic imine (C=N–C) groups is 1. The minimum atomic E-state index is 0.627. The predicted molar refractivity (Wildman–Crippen MR) is 113 cm³/mol. The average Bonchev–Trinajstić information content (AvgIpc) is 3.17. The number of hydrogen-bond acceptors (Lipinski definition) is 4. The van der Waals surface area contributed by atoms with E-state index in [2.05, 4.69) is 56.4 Å². The van der Waals surface area contributed by atoms with Crippen LogP contribution in [-0.4, -0.2) is 61.7 Å². The number of likely N-dealkylation sites (N-methyl/N-ethyl adjacent to an activating group) is 1. The van der Waals surface area contributed by atoms with Crippen molar-refractivity contribution in [2.75, 3.05) is 44.7 Å². The van der Waals surface area contributed by atoms with Gasteiger partial charge in [0, 0.05) is 45.5 Å². The van der Waals surface area contributed by atoms with Crippen molar-refractivity contribution in [2.24, 2.45) is 10.9 Å². The Morgan fingerprint density at radius 3 is 2.67 bits per heavy atom. The second-order valence-electron chi connectivity index (χ2n) is 7.93. The van der Waals surface area contributed by atoms with Crippen LogP contribution in [0, 0.1) is 5.92 Å². The third-order valence-electron chi connectivity index (χ3n) is 6.01. The lowest BCUT2D eigenvalue weighted by Gasteiger charge is -2.31. The zero-order valence-electron chi connectivity index (χ0n) is 17.2. The lowest BCUT2D eigenvalue weighted by molar-refractivity contribution is 0.267. The van der Waals surface area contributed by atoms with E-state index in [1.165, 1.54) is 37.8 Å². The molecule has 0 amide bonds. The first-order chi connectivity index (χ1) is 13.2. The zero-order valence-corrected chi connectivity index (χ0v) is 17.2. The van der Waals surface area contributed by atoms with Crippen LogP contribution in [-0.2, 0) is 6.54 Å². The van der Waals surface area contributed by atoms with Crippen LogP contribution in [0.1, 0.15) is 45.1 Å². The number of nitrogens with zero attached hydrogens (tertiary/aromatic N) is 4. The molecule has 3 heterocycles. The zero-order chi connectivity index (χ0) is 19.1. The lowest BCUT2D eigenvalue weighted by Crippen LogP contribution is -2.44. The summed E-state index contributed by atoms with van der Waals surface area (Å²) in [6.07, 6.45) is 7.11. The van der Waals surface area contributed by atoms with E-state index in [-0.39, 0.29) is 0 Å². The van der Waals surface area contributed by atoms with E-state index in [4.69, 9.17) is 0 Å². The molecule has 3 rings (SSSR count). The fraction of sp³-hybridized carbons (Fsp3) is 0.714. The molecule has 0 aromatic carbocycles. The molecule has 2 N–H and O–H groups in total. The van der Waals surface area contributed by atoms with Crippen LogP contribution in [0.5, 0.6) is 0 Å². The van der Waals surface area contributed by atoms with Crippen LogP contribution in [0.3, 0.4) is 0 Å². The molecule has 1 aromatic heterocycles. The molecule has 0 spiro atoms. The second-order valence-corrected chi connectivity index (χ2v) is 7.93. The molecule has 0 aliphatic carbocycles. The van der Waals surface area contributed by atoms with E-state index in [0.29, 0.717) is 6.04 Å².